The molecular formula is C22H29ClN2O. The van der Waals surface area contributed by atoms with E-state index in [9.17, 15) is 4.79 Å². The standard InChI is InChI=1S/C22H29ClN2O/c1-22(10-9-20(15-24)25(2)21(26)14-22)18-7-3-5-16(12-18)11-17-6-4-8-19(23)13-17/h4,6,8,13,16,18,24H,3,5,7,9-12,14H2,1-2H3/t16?,18?,22-/m0/s1. The Bertz CT molecular complexity index is 725. The van der Waals surface area contributed by atoms with Gasteiger partial charge in [-0.2, -0.15) is 0 Å². The van der Waals surface area contributed by atoms with Gasteiger partial charge in [-0.1, -0.05) is 43.5 Å². The summed E-state index contributed by atoms with van der Waals surface area (Å²) in [7, 11) is 1.79. The minimum Gasteiger partial charge on any atom is -0.311 e. The van der Waals surface area contributed by atoms with Crippen LogP contribution < -0.4 is 0 Å². The van der Waals surface area contributed by atoms with Gasteiger partial charge in [-0.05, 0) is 72.9 Å². The zero-order valence-corrected chi connectivity index (χ0v) is 16.6. The van der Waals surface area contributed by atoms with Gasteiger partial charge in [0.15, 0.2) is 0 Å². The van der Waals surface area contributed by atoms with Crippen molar-refractivity contribution in [2.24, 2.45) is 17.3 Å². The van der Waals surface area contributed by atoms with Crippen LogP contribution in [0.4, 0.5) is 0 Å². The van der Waals surface area contributed by atoms with Gasteiger partial charge in [0.05, 0.1) is 5.70 Å². The van der Waals surface area contributed by atoms with Crippen molar-refractivity contribution in [3.63, 3.8) is 0 Å². The highest BCUT2D eigenvalue weighted by Gasteiger charge is 2.41. The summed E-state index contributed by atoms with van der Waals surface area (Å²) in [6.07, 6.45) is 8.31. The lowest BCUT2D eigenvalue weighted by molar-refractivity contribution is -0.130. The third-order valence-corrected chi connectivity index (χ3v) is 6.83. The van der Waals surface area contributed by atoms with E-state index in [2.05, 4.69) is 24.9 Å². The third kappa shape index (κ3) is 4.22. The topological polar surface area (TPSA) is 44.2 Å². The summed E-state index contributed by atoms with van der Waals surface area (Å²) in [5.74, 6) is 3.84. The number of hydrogen-bond donors (Lipinski definition) is 1. The molecule has 4 heteroatoms. The summed E-state index contributed by atoms with van der Waals surface area (Å²) in [5.41, 5.74) is 2.07. The Hall–Kier alpha value is -1.57. The fraction of sp³-hybridized carbons (Fsp3) is 0.591. The van der Waals surface area contributed by atoms with Gasteiger partial charge in [0.2, 0.25) is 5.91 Å². The van der Waals surface area contributed by atoms with Crippen LogP contribution in [-0.4, -0.2) is 23.7 Å². The van der Waals surface area contributed by atoms with Gasteiger partial charge < -0.3 is 4.90 Å². The summed E-state index contributed by atoms with van der Waals surface area (Å²) >= 11 is 6.14. The minimum absolute atomic E-state index is 0.0247. The first-order chi connectivity index (χ1) is 12.4. The molecule has 1 N–H and O–H groups in total. The lowest BCUT2D eigenvalue weighted by Gasteiger charge is -2.41. The van der Waals surface area contributed by atoms with E-state index < -0.39 is 0 Å². The maximum Gasteiger partial charge on any atom is 0.227 e. The first-order valence-corrected chi connectivity index (χ1v) is 10.1. The van der Waals surface area contributed by atoms with Crippen LogP contribution >= 0.6 is 11.6 Å². The molecule has 3 rings (SSSR count). The molecule has 3 nitrogen and oxygen atoms in total. The number of halogens is 1. The van der Waals surface area contributed by atoms with Crippen LogP contribution in [-0.2, 0) is 11.2 Å². The molecule has 1 heterocycles. The predicted octanol–water partition coefficient (Wildman–Crippen LogP) is 5.47. The van der Waals surface area contributed by atoms with E-state index in [0.29, 0.717) is 18.3 Å². The van der Waals surface area contributed by atoms with Crippen molar-refractivity contribution < 1.29 is 4.79 Å². The van der Waals surface area contributed by atoms with E-state index in [4.69, 9.17) is 17.0 Å². The number of likely N-dealkylation sites (tertiary alicyclic amines) is 1. The van der Waals surface area contributed by atoms with Crippen molar-refractivity contribution in [3.8, 4) is 0 Å². The van der Waals surface area contributed by atoms with Crippen LogP contribution in [0.3, 0.4) is 0 Å². The average Bonchev–Trinajstić information content (AvgIpc) is 2.72. The van der Waals surface area contributed by atoms with Crippen molar-refractivity contribution in [2.75, 3.05) is 7.05 Å². The normalized spacial score (nSPS) is 30.0. The fourth-order valence-corrected chi connectivity index (χ4v) is 5.09. The summed E-state index contributed by atoms with van der Waals surface area (Å²) in [6, 6.07) is 8.21. The van der Waals surface area contributed by atoms with Crippen molar-refractivity contribution in [1.82, 2.24) is 4.90 Å². The molecule has 1 saturated carbocycles. The molecular weight excluding hydrogens is 344 g/mol. The third-order valence-electron chi connectivity index (χ3n) is 6.59. The lowest BCUT2D eigenvalue weighted by atomic mass is 9.63. The summed E-state index contributed by atoms with van der Waals surface area (Å²) in [4.78, 5) is 14.3. The number of rotatable bonds is 3. The van der Waals surface area contributed by atoms with Crippen LogP contribution in [0.2, 0.25) is 5.02 Å². The number of carbonyl (C=O) groups is 1. The number of hydrogen-bond acceptors (Lipinski definition) is 2. The number of nitrogens with zero attached hydrogens (tertiary/aromatic N) is 1. The number of nitrogens with one attached hydrogen (secondary N) is 1. The molecule has 3 atom stereocenters. The zero-order chi connectivity index (χ0) is 18.7. The Morgan fingerprint density at radius 2 is 2.19 bits per heavy atom. The molecule has 26 heavy (non-hydrogen) atoms. The molecule has 2 unspecified atom stereocenters. The fourth-order valence-electron chi connectivity index (χ4n) is 4.88. The van der Waals surface area contributed by atoms with Crippen LogP contribution in [0.15, 0.2) is 30.0 Å². The second kappa shape index (κ2) is 7.98. The molecule has 1 aromatic rings. The van der Waals surface area contributed by atoms with E-state index in [1.165, 1.54) is 31.2 Å². The van der Waals surface area contributed by atoms with Crippen molar-refractivity contribution in [2.45, 2.75) is 58.3 Å². The van der Waals surface area contributed by atoms with Crippen LogP contribution in [0.5, 0.6) is 0 Å². The maximum absolute atomic E-state index is 12.6. The monoisotopic (exact) mass is 372 g/mol. The highest BCUT2D eigenvalue weighted by molar-refractivity contribution is 6.30. The Labute approximate surface area is 161 Å². The highest BCUT2D eigenvalue weighted by Crippen LogP contribution is 2.48. The number of amides is 1. The Morgan fingerprint density at radius 3 is 2.92 bits per heavy atom. The van der Waals surface area contributed by atoms with Crippen molar-refractivity contribution in [1.29, 1.82) is 5.41 Å². The van der Waals surface area contributed by atoms with Gasteiger partial charge in [-0.15, -0.1) is 0 Å². The number of carbonyl (C=O) groups excluding carboxylic acids is 1. The van der Waals surface area contributed by atoms with Crippen LogP contribution in [0, 0.1) is 22.7 Å². The predicted molar refractivity (Wildman–Crippen MR) is 107 cm³/mol. The maximum atomic E-state index is 12.6. The Kier molecular flexibility index (Phi) is 5.89. The molecule has 1 aliphatic carbocycles. The summed E-state index contributed by atoms with van der Waals surface area (Å²) in [6.45, 7) is 2.29. The van der Waals surface area contributed by atoms with Gasteiger partial charge in [-0.3, -0.25) is 10.2 Å². The molecule has 2 aliphatic rings. The quantitative estimate of drug-likeness (QED) is 0.702. The molecule has 0 spiro atoms. The van der Waals surface area contributed by atoms with Crippen LogP contribution in [0.25, 0.3) is 0 Å². The van der Waals surface area contributed by atoms with Crippen molar-refractivity contribution >= 4 is 23.4 Å². The highest BCUT2D eigenvalue weighted by atomic mass is 35.5. The van der Waals surface area contributed by atoms with E-state index in [1.54, 1.807) is 11.9 Å². The summed E-state index contributed by atoms with van der Waals surface area (Å²) in [5, 5.41) is 8.28. The molecule has 140 valence electrons. The average molecular weight is 373 g/mol. The van der Waals surface area contributed by atoms with E-state index >= 15 is 0 Å². The number of benzene rings is 1. The molecule has 1 aromatic carbocycles. The summed E-state index contributed by atoms with van der Waals surface area (Å²) < 4.78 is 0. The SMILES string of the molecule is CN1C(=O)C[C@@](C)(C2CCCC(Cc3cccc(Cl)c3)C2)CCC1=C=N. The molecule has 1 saturated heterocycles. The first kappa shape index (κ1) is 19.2. The molecule has 0 aromatic heterocycles. The van der Waals surface area contributed by atoms with Gasteiger partial charge in [0, 0.05) is 18.5 Å². The first-order valence-electron chi connectivity index (χ1n) is 9.71. The van der Waals surface area contributed by atoms with Gasteiger partial charge in [-0.25, -0.2) is 0 Å². The Morgan fingerprint density at radius 1 is 1.38 bits per heavy atom. The number of allylic oxidation sites excluding steroid dienone is 1. The second-order valence-corrected chi connectivity index (χ2v) is 8.86. The van der Waals surface area contributed by atoms with E-state index in [1.807, 2.05) is 12.1 Å². The zero-order valence-electron chi connectivity index (χ0n) is 15.9. The molecule has 1 aliphatic heterocycles. The van der Waals surface area contributed by atoms with Crippen molar-refractivity contribution in [3.05, 3.63) is 40.5 Å². The molecule has 1 amide bonds. The van der Waals surface area contributed by atoms with Gasteiger partial charge in [0.25, 0.3) is 0 Å². The molecule has 0 radical (unpaired) electrons. The smallest absolute Gasteiger partial charge is 0.227 e. The van der Waals surface area contributed by atoms with Crippen LogP contribution in [0.1, 0.15) is 57.4 Å². The van der Waals surface area contributed by atoms with Gasteiger partial charge in [0.1, 0.15) is 0 Å². The van der Waals surface area contributed by atoms with E-state index in [-0.39, 0.29) is 11.3 Å². The largest absolute Gasteiger partial charge is 0.311 e. The Balaban J connectivity index is 1.72. The lowest BCUT2D eigenvalue weighted by Crippen LogP contribution is -2.35. The van der Waals surface area contributed by atoms with E-state index in [0.717, 1.165) is 30.0 Å². The second-order valence-electron chi connectivity index (χ2n) is 8.42. The van der Waals surface area contributed by atoms with Gasteiger partial charge >= 0.3 is 0 Å². The molecule has 2 fully saturated rings. The minimum atomic E-state index is 0.0247. The molecule has 0 bridgehead atoms.